The largest absolute Gasteiger partial charge is 0.459 e. The van der Waals surface area contributed by atoms with Crippen LogP contribution in [0.15, 0.2) is 84.9 Å². The molecule has 4 aromatic rings. The average molecular weight is 427 g/mol. The first-order valence-corrected chi connectivity index (χ1v) is 10.1. The molecule has 4 aromatic carbocycles. The second kappa shape index (κ2) is 9.40. The summed E-state index contributed by atoms with van der Waals surface area (Å²) < 4.78 is 11.7. The van der Waals surface area contributed by atoms with Crippen molar-refractivity contribution in [3.8, 4) is 40.2 Å². The zero-order valence-electron chi connectivity index (χ0n) is 17.7. The molecule has 0 N–H and O–H groups in total. The molecule has 0 heterocycles. The van der Waals surface area contributed by atoms with E-state index in [2.05, 4.69) is 15.8 Å². The maximum absolute atomic E-state index is 9.05. The fourth-order valence-corrected chi connectivity index (χ4v) is 3.28. The predicted molar refractivity (Wildman–Crippen MR) is 127 cm³/mol. The standard InChI is InChI=1S/C28H17N3O2/c1-19-16-25(13-8-22(19)18-29)32-23-9-4-20(5-10-23)21-6-11-24(12-7-21)33-26-14-15-27(30-2)28(17-26)31-3/h4-17H,1H3. The third kappa shape index (κ3) is 4.83. The van der Waals surface area contributed by atoms with Gasteiger partial charge in [0.25, 0.3) is 0 Å². The number of nitriles is 1. The van der Waals surface area contributed by atoms with E-state index in [1.807, 2.05) is 61.5 Å². The van der Waals surface area contributed by atoms with Crippen molar-refractivity contribution in [2.75, 3.05) is 0 Å². The van der Waals surface area contributed by atoms with Crippen LogP contribution < -0.4 is 9.47 Å². The summed E-state index contributed by atoms with van der Waals surface area (Å²) in [6, 6.07) is 27.8. The molecule has 0 saturated heterocycles. The highest BCUT2D eigenvalue weighted by Crippen LogP contribution is 2.34. The monoisotopic (exact) mass is 427 g/mol. The summed E-state index contributed by atoms with van der Waals surface area (Å²) >= 11 is 0. The van der Waals surface area contributed by atoms with Crippen LogP contribution in [-0.4, -0.2) is 0 Å². The third-order valence-electron chi connectivity index (χ3n) is 5.02. The van der Waals surface area contributed by atoms with Crippen molar-refractivity contribution in [2.24, 2.45) is 0 Å². The van der Waals surface area contributed by atoms with Crippen LogP contribution in [0.2, 0.25) is 0 Å². The Kier molecular flexibility index (Phi) is 6.03. The number of hydrogen-bond acceptors (Lipinski definition) is 3. The lowest BCUT2D eigenvalue weighted by atomic mass is 10.1. The molecule has 0 atom stereocenters. The van der Waals surface area contributed by atoms with Gasteiger partial charge in [-0.3, -0.25) is 4.85 Å². The molecule has 4 rings (SSSR count). The summed E-state index contributed by atoms with van der Waals surface area (Å²) in [5.74, 6) is 2.55. The highest BCUT2D eigenvalue weighted by Gasteiger charge is 2.07. The minimum Gasteiger partial charge on any atom is -0.459 e. The molecule has 0 saturated carbocycles. The van der Waals surface area contributed by atoms with Crippen LogP contribution in [-0.2, 0) is 0 Å². The van der Waals surface area contributed by atoms with Gasteiger partial charge in [0.15, 0.2) is 11.4 Å². The summed E-state index contributed by atoms with van der Waals surface area (Å²) in [5.41, 5.74) is 4.15. The third-order valence-corrected chi connectivity index (χ3v) is 5.02. The van der Waals surface area contributed by atoms with Gasteiger partial charge in [0, 0.05) is 0 Å². The molecule has 0 aliphatic carbocycles. The second-order valence-electron chi connectivity index (χ2n) is 7.22. The summed E-state index contributed by atoms with van der Waals surface area (Å²) in [7, 11) is 0. The summed E-state index contributed by atoms with van der Waals surface area (Å²) in [6.45, 7) is 16.2. The highest BCUT2D eigenvalue weighted by atomic mass is 16.5. The molecule has 5 heteroatoms. The molecule has 0 aliphatic heterocycles. The maximum atomic E-state index is 9.05. The Morgan fingerprint density at radius 2 is 1.12 bits per heavy atom. The molecule has 0 spiro atoms. The lowest BCUT2D eigenvalue weighted by Gasteiger charge is -2.10. The Bertz CT molecular complexity index is 1440. The molecule has 0 bridgehead atoms. The van der Waals surface area contributed by atoms with Gasteiger partial charge in [-0.25, -0.2) is 4.85 Å². The van der Waals surface area contributed by atoms with E-state index in [1.165, 1.54) is 0 Å². The van der Waals surface area contributed by atoms with Crippen molar-refractivity contribution in [1.82, 2.24) is 0 Å². The van der Waals surface area contributed by atoms with Crippen molar-refractivity contribution in [1.29, 1.82) is 5.26 Å². The second-order valence-corrected chi connectivity index (χ2v) is 7.22. The first-order valence-electron chi connectivity index (χ1n) is 10.1. The molecule has 156 valence electrons. The number of rotatable bonds is 5. The molecule has 5 nitrogen and oxygen atoms in total. The Morgan fingerprint density at radius 3 is 1.61 bits per heavy atom. The first-order chi connectivity index (χ1) is 16.1. The van der Waals surface area contributed by atoms with Crippen LogP contribution in [0.1, 0.15) is 11.1 Å². The van der Waals surface area contributed by atoms with Gasteiger partial charge in [-0.2, -0.15) is 5.26 Å². The van der Waals surface area contributed by atoms with Crippen molar-refractivity contribution < 1.29 is 9.47 Å². The maximum Gasteiger partial charge on any atom is 0.198 e. The fourth-order valence-electron chi connectivity index (χ4n) is 3.28. The highest BCUT2D eigenvalue weighted by molar-refractivity contribution is 5.72. The minimum atomic E-state index is 0.276. The SMILES string of the molecule is [C-]#[N+]c1ccc(Oc2ccc(-c3ccc(Oc4ccc(C#N)c(C)c4)cc3)cc2)cc1[N+]#[C-]. The van der Waals surface area contributed by atoms with Gasteiger partial charge in [-0.1, -0.05) is 30.3 Å². The normalized spacial score (nSPS) is 9.88. The van der Waals surface area contributed by atoms with Crippen LogP contribution >= 0.6 is 0 Å². The molecule has 0 fully saturated rings. The van der Waals surface area contributed by atoms with Crippen LogP contribution in [0.25, 0.3) is 20.8 Å². The Labute approximate surface area is 192 Å². The molecule has 0 amide bonds. The minimum absolute atomic E-state index is 0.276. The van der Waals surface area contributed by atoms with Crippen LogP contribution in [0.3, 0.4) is 0 Å². The molecule has 0 radical (unpaired) electrons. The number of benzene rings is 4. The molecule has 0 aromatic heterocycles. The first kappa shape index (κ1) is 21.2. The predicted octanol–water partition coefficient (Wildman–Crippen LogP) is 8.22. The quantitative estimate of drug-likeness (QED) is 0.301. The van der Waals surface area contributed by atoms with Crippen molar-refractivity contribution >= 4 is 11.4 Å². The number of ether oxygens (including phenoxy) is 2. The van der Waals surface area contributed by atoms with E-state index in [-0.39, 0.29) is 5.69 Å². The van der Waals surface area contributed by atoms with Gasteiger partial charge >= 0.3 is 0 Å². The molecule has 0 aliphatic rings. The van der Waals surface area contributed by atoms with Crippen molar-refractivity contribution in [3.63, 3.8) is 0 Å². The van der Waals surface area contributed by atoms with E-state index in [0.29, 0.717) is 34.2 Å². The van der Waals surface area contributed by atoms with Crippen LogP contribution in [0.4, 0.5) is 11.4 Å². The van der Waals surface area contributed by atoms with Crippen molar-refractivity contribution in [3.05, 3.63) is 119 Å². The van der Waals surface area contributed by atoms with E-state index < -0.39 is 0 Å². The topological polar surface area (TPSA) is 51.0 Å². The lowest BCUT2D eigenvalue weighted by Crippen LogP contribution is -1.88. The van der Waals surface area contributed by atoms with Crippen molar-refractivity contribution in [2.45, 2.75) is 6.92 Å². The summed E-state index contributed by atoms with van der Waals surface area (Å²) in [6.07, 6.45) is 0. The van der Waals surface area contributed by atoms with Crippen LogP contribution in [0.5, 0.6) is 23.0 Å². The zero-order valence-corrected chi connectivity index (χ0v) is 17.7. The number of nitrogens with zero attached hydrogens (tertiary/aromatic N) is 3. The van der Waals surface area contributed by atoms with Crippen LogP contribution in [0, 0.1) is 31.4 Å². The number of hydrogen-bond donors (Lipinski definition) is 0. The van der Waals surface area contributed by atoms with E-state index in [1.54, 1.807) is 30.3 Å². The van der Waals surface area contributed by atoms with Gasteiger partial charge in [-0.05, 0) is 78.2 Å². The summed E-state index contributed by atoms with van der Waals surface area (Å²) in [4.78, 5) is 6.71. The Hall–Kier alpha value is -5.05. The van der Waals surface area contributed by atoms with Gasteiger partial charge < -0.3 is 9.47 Å². The number of aryl methyl sites for hydroxylation is 1. The van der Waals surface area contributed by atoms with Gasteiger partial charge in [0.2, 0.25) is 0 Å². The molecule has 0 unspecified atom stereocenters. The fraction of sp³-hybridized carbons (Fsp3) is 0.0357. The zero-order chi connectivity index (χ0) is 23.2. The smallest absolute Gasteiger partial charge is 0.198 e. The summed E-state index contributed by atoms with van der Waals surface area (Å²) in [5, 5.41) is 9.05. The van der Waals surface area contributed by atoms with E-state index >= 15 is 0 Å². The van der Waals surface area contributed by atoms with E-state index in [9.17, 15) is 0 Å². The molecular weight excluding hydrogens is 410 g/mol. The lowest BCUT2D eigenvalue weighted by molar-refractivity contribution is 0.482. The Balaban J connectivity index is 1.45. The molecule has 33 heavy (non-hydrogen) atoms. The van der Waals surface area contributed by atoms with Gasteiger partial charge in [-0.15, -0.1) is 0 Å². The van der Waals surface area contributed by atoms with E-state index in [0.717, 1.165) is 16.7 Å². The van der Waals surface area contributed by atoms with Gasteiger partial charge in [0.1, 0.15) is 23.0 Å². The molecular formula is C28H17N3O2. The van der Waals surface area contributed by atoms with Gasteiger partial charge in [0.05, 0.1) is 24.8 Å². The van der Waals surface area contributed by atoms with E-state index in [4.69, 9.17) is 27.9 Å². The Morgan fingerprint density at radius 1 is 0.636 bits per heavy atom. The average Bonchev–Trinajstić information content (AvgIpc) is 2.85.